The van der Waals surface area contributed by atoms with Gasteiger partial charge in [-0.3, -0.25) is 4.79 Å². The Hall–Kier alpha value is -1.33. The standard InChI is InChI=1S/C19H24N2OS2/c1-13-8-14(2)10-21(9-13)19(22)16-4-6-18(7-5-16)24-12-17-11-23-15(3)20-17/h4-7,11,13-14H,8-10,12H2,1-3H3. The van der Waals surface area contributed by atoms with E-state index in [0.717, 1.165) is 35.1 Å². The molecule has 0 saturated carbocycles. The fraction of sp³-hybridized carbons (Fsp3) is 0.474. The Bertz CT molecular complexity index is 686. The number of carbonyl (C=O) groups is 1. The predicted molar refractivity (Wildman–Crippen MR) is 102 cm³/mol. The van der Waals surface area contributed by atoms with Gasteiger partial charge in [0, 0.05) is 34.7 Å². The average molecular weight is 361 g/mol. The first-order chi connectivity index (χ1) is 11.5. The molecule has 24 heavy (non-hydrogen) atoms. The smallest absolute Gasteiger partial charge is 0.253 e. The Kier molecular flexibility index (Phi) is 5.61. The summed E-state index contributed by atoms with van der Waals surface area (Å²) in [6.45, 7) is 8.25. The van der Waals surface area contributed by atoms with Gasteiger partial charge in [-0.25, -0.2) is 4.98 Å². The number of likely N-dealkylation sites (tertiary alicyclic amines) is 1. The number of aromatic nitrogens is 1. The Morgan fingerprint density at radius 2 is 1.92 bits per heavy atom. The van der Waals surface area contributed by atoms with Crippen LogP contribution < -0.4 is 0 Å². The van der Waals surface area contributed by atoms with Crippen LogP contribution >= 0.6 is 23.1 Å². The van der Waals surface area contributed by atoms with Crippen molar-refractivity contribution in [3.8, 4) is 0 Å². The molecule has 5 heteroatoms. The Balaban J connectivity index is 1.60. The Morgan fingerprint density at radius 3 is 2.50 bits per heavy atom. The third-order valence-corrected chi connectivity index (χ3v) is 6.18. The highest BCUT2D eigenvalue weighted by atomic mass is 32.2. The van der Waals surface area contributed by atoms with Gasteiger partial charge in [0.05, 0.1) is 10.7 Å². The molecule has 0 radical (unpaired) electrons. The molecule has 0 N–H and O–H groups in total. The molecule has 1 saturated heterocycles. The van der Waals surface area contributed by atoms with Crippen molar-refractivity contribution < 1.29 is 4.79 Å². The Labute approximate surface area is 152 Å². The van der Waals surface area contributed by atoms with Crippen LogP contribution in [0.15, 0.2) is 34.5 Å². The van der Waals surface area contributed by atoms with Crippen LogP contribution in [0.3, 0.4) is 0 Å². The lowest BCUT2D eigenvalue weighted by Gasteiger charge is -2.35. The third-order valence-electron chi connectivity index (χ3n) is 4.31. The maximum Gasteiger partial charge on any atom is 0.253 e. The number of thioether (sulfide) groups is 1. The van der Waals surface area contributed by atoms with Gasteiger partial charge in [-0.1, -0.05) is 13.8 Å². The third kappa shape index (κ3) is 4.39. The first kappa shape index (κ1) is 17.5. The minimum absolute atomic E-state index is 0.167. The number of amides is 1. The fourth-order valence-corrected chi connectivity index (χ4v) is 4.85. The molecule has 2 heterocycles. The lowest BCUT2D eigenvalue weighted by Crippen LogP contribution is -2.42. The molecular formula is C19H24N2OS2. The molecule has 3 nitrogen and oxygen atoms in total. The maximum atomic E-state index is 12.7. The quantitative estimate of drug-likeness (QED) is 0.730. The van der Waals surface area contributed by atoms with Gasteiger partial charge in [-0.05, 0) is 49.4 Å². The summed E-state index contributed by atoms with van der Waals surface area (Å²) < 4.78 is 0. The number of hydrogen-bond acceptors (Lipinski definition) is 4. The SMILES string of the molecule is Cc1nc(CSc2ccc(C(=O)N3CC(C)CC(C)C3)cc2)cs1. The van der Waals surface area contributed by atoms with E-state index in [4.69, 9.17) is 0 Å². The molecule has 1 aromatic carbocycles. The number of piperidine rings is 1. The van der Waals surface area contributed by atoms with Crippen LogP contribution in [0.5, 0.6) is 0 Å². The van der Waals surface area contributed by atoms with Crippen molar-refractivity contribution in [3.05, 3.63) is 45.9 Å². The molecule has 1 fully saturated rings. The summed E-state index contributed by atoms with van der Waals surface area (Å²) in [6, 6.07) is 8.02. The molecule has 2 aromatic rings. The van der Waals surface area contributed by atoms with Crippen LogP contribution in [0.4, 0.5) is 0 Å². The summed E-state index contributed by atoms with van der Waals surface area (Å²) in [6.07, 6.45) is 1.22. The van der Waals surface area contributed by atoms with Crippen molar-refractivity contribution in [2.75, 3.05) is 13.1 Å². The van der Waals surface area contributed by atoms with Gasteiger partial charge in [0.1, 0.15) is 0 Å². The Morgan fingerprint density at radius 1 is 1.25 bits per heavy atom. The minimum Gasteiger partial charge on any atom is -0.338 e. The van der Waals surface area contributed by atoms with Crippen molar-refractivity contribution in [1.82, 2.24) is 9.88 Å². The molecule has 128 valence electrons. The van der Waals surface area contributed by atoms with E-state index >= 15 is 0 Å². The topological polar surface area (TPSA) is 33.2 Å². The lowest BCUT2D eigenvalue weighted by atomic mass is 9.91. The van der Waals surface area contributed by atoms with Gasteiger partial charge >= 0.3 is 0 Å². The highest BCUT2D eigenvalue weighted by Gasteiger charge is 2.25. The van der Waals surface area contributed by atoms with Crippen LogP contribution in [0.2, 0.25) is 0 Å². The number of benzene rings is 1. The first-order valence-corrected chi connectivity index (χ1v) is 10.3. The molecule has 0 bridgehead atoms. The first-order valence-electron chi connectivity index (χ1n) is 8.44. The summed E-state index contributed by atoms with van der Waals surface area (Å²) >= 11 is 3.45. The van der Waals surface area contributed by atoms with E-state index in [9.17, 15) is 4.79 Å². The zero-order valence-corrected chi connectivity index (χ0v) is 16.1. The molecule has 1 aromatic heterocycles. The summed E-state index contributed by atoms with van der Waals surface area (Å²) in [5.74, 6) is 2.22. The van der Waals surface area contributed by atoms with Crippen LogP contribution in [0.1, 0.15) is 41.3 Å². The van der Waals surface area contributed by atoms with E-state index in [0.29, 0.717) is 11.8 Å². The summed E-state index contributed by atoms with van der Waals surface area (Å²) in [5, 5.41) is 3.22. The fourth-order valence-electron chi connectivity index (χ4n) is 3.34. The van der Waals surface area contributed by atoms with Crippen molar-refractivity contribution in [1.29, 1.82) is 0 Å². The van der Waals surface area contributed by atoms with E-state index in [1.165, 1.54) is 11.3 Å². The van der Waals surface area contributed by atoms with Gasteiger partial charge in [0.15, 0.2) is 0 Å². The number of aryl methyl sites for hydroxylation is 1. The summed E-state index contributed by atoms with van der Waals surface area (Å²) in [4.78, 5) is 20.4. The number of nitrogens with zero attached hydrogens (tertiary/aromatic N) is 2. The largest absolute Gasteiger partial charge is 0.338 e. The molecule has 1 aliphatic rings. The van der Waals surface area contributed by atoms with Crippen molar-refractivity contribution in [2.24, 2.45) is 11.8 Å². The zero-order valence-electron chi connectivity index (χ0n) is 14.5. The number of rotatable bonds is 4. The highest BCUT2D eigenvalue weighted by molar-refractivity contribution is 7.98. The van der Waals surface area contributed by atoms with Gasteiger partial charge in [-0.2, -0.15) is 0 Å². The molecule has 2 atom stereocenters. The molecule has 0 spiro atoms. The van der Waals surface area contributed by atoms with Crippen molar-refractivity contribution in [2.45, 2.75) is 37.8 Å². The second-order valence-electron chi connectivity index (χ2n) is 6.83. The molecule has 1 amide bonds. The monoisotopic (exact) mass is 360 g/mol. The predicted octanol–water partition coefficient (Wildman–Crippen LogP) is 4.86. The van der Waals surface area contributed by atoms with Crippen LogP contribution in [0, 0.1) is 18.8 Å². The molecule has 3 rings (SSSR count). The van der Waals surface area contributed by atoms with E-state index in [1.54, 1.807) is 23.1 Å². The number of hydrogen-bond donors (Lipinski definition) is 0. The van der Waals surface area contributed by atoms with Crippen molar-refractivity contribution in [3.63, 3.8) is 0 Å². The lowest BCUT2D eigenvalue weighted by molar-refractivity contribution is 0.0623. The minimum atomic E-state index is 0.167. The van der Waals surface area contributed by atoms with Gasteiger partial charge in [0.25, 0.3) is 5.91 Å². The van der Waals surface area contributed by atoms with Gasteiger partial charge < -0.3 is 4.90 Å². The van der Waals surface area contributed by atoms with Crippen LogP contribution in [-0.4, -0.2) is 28.9 Å². The van der Waals surface area contributed by atoms with Gasteiger partial charge in [-0.15, -0.1) is 23.1 Å². The second-order valence-corrected chi connectivity index (χ2v) is 8.94. The van der Waals surface area contributed by atoms with E-state index < -0.39 is 0 Å². The zero-order chi connectivity index (χ0) is 17.1. The highest BCUT2D eigenvalue weighted by Crippen LogP contribution is 2.26. The summed E-state index contributed by atoms with van der Waals surface area (Å²) in [7, 11) is 0. The maximum absolute atomic E-state index is 12.7. The average Bonchev–Trinajstić information content (AvgIpc) is 2.97. The molecular weight excluding hydrogens is 336 g/mol. The second kappa shape index (κ2) is 7.70. The van der Waals surface area contributed by atoms with Crippen LogP contribution in [-0.2, 0) is 5.75 Å². The van der Waals surface area contributed by atoms with E-state index in [2.05, 4.69) is 24.2 Å². The van der Waals surface area contributed by atoms with Crippen molar-refractivity contribution >= 4 is 29.0 Å². The normalized spacial score (nSPS) is 21.0. The molecule has 2 unspecified atom stereocenters. The van der Waals surface area contributed by atoms with Gasteiger partial charge in [0.2, 0.25) is 0 Å². The van der Waals surface area contributed by atoms with Crippen LogP contribution in [0.25, 0.3) is 0 Å². The number of thiazole rings is 1. The van der Waals surface area contributed by atoms with E-state index in [1.807, 2.05) is 36.1 Å². The number of carbonyl (C=O) groups excluding carboxylic acids is 1. The summed E-state index contributed by atoms with van der Waals surface area (Å²) in [5.41, 5.74) is 1.92. The molecule has 1 aliphatic heterocycles. The van der Waals surface area contributed by atoms with E-state index in [-0.39, 0.29) is 5.91 Å². The molecule has 0 aliphatic carbocycles.